The summed E-state index contributed by atoms with van der Waals surface area (Å²) in [6.07, 6.45) is 0. The average molecular weight is 286 g/mol. The molecule has 0 aliphatic rings. The first-order chi connectivity index (χ1) is 7.54. The van der Waals surface area contributed by atoms with Crippen LogP contribution in [0, 0.1) is 0 Å². The molecular weight excluding hydrogens is 270 g/mol. The van der Waals surface area contributed by atoms with E-state index in [1.165, 1.54) is 0 Å². The summed E-state index contributed by atoms with van der Waals surface area (Å²) >= 11 is 3.36. The lowest BCUT2D eigenvalue weighted by Crippen LogP contribution is -2.32. The van der Waals surface area contributed by atoms with E-state index in [1.807, 2.05) is 19.1 Å². The van der Waals surface area contributed by atoms with Gasteiger partial charge in [-0.25, -0.2) is 0 Å². The number of rotatable bonds is 4. The summed E-state index contributed by atoms with van der Waals surface area (Å²) in [7, 11) is 1.77. The number of hydrogen-bond acceptors (Lipinski definition) is 3. The van der Waals surface area contributed by atoms with E-state index in [4.69, 9.17) is 5.73 Å². The van der Waals surface area contributed by atoms with E-state index in [0.29, 0.717) is 12.2 Å². The van der Waals surface area contributed by atoms with Crippen molar-refractivity contribution in [1.29, 1.82) is 0 Å². The Labute approximate surface area is 104 Å². The van der Waals surface area contributed by atoms with Crippen molar-refractivity contribution in [3.8, 4) is 0 Å². The van der Waals surface area contributed by atoms with Crippen molar-refractivity contribution in [2.24, 2.45) is 0 Å². The van der Waals surface area contributed by atoms with Crippen molar-refractivity contribution >= 4 is 33.2 Å². The highest BCUT2D eigenvalue weighted by Gasteiger charge is 2.07. The molecule has 0 saturated carbocycles. The first-order valence-corrected chi connectivity index (χ1v) is 5.86. The molecule has 5 heteroatoms. The number of amides is 1. The molecule has 3 N–H and O–H groups in total. The zero-order chi connectivity index (χ0) is 12.1. The van der Waals surface area contributed by atoms with E-state index in [0.717, 1.165) is 10.2 Å². The van der Waals surface area contributed by atoms with Crippen LogP contribution in [0.3, 0.4) is 0 Å². The first kappa shape index (κ1) is 12.8. The Bertz CT molecular complexity index is 381. The van der Waals surface area contributed by atoms with Gasteiger partial charge in [0.15, 0.2) is 0 Å². The van der Waals surface area contributed by atoms with Gasteiger partial charge >= 0.3 is 0 Å². The summed E-state index contributed by atoms with van der Waals surface area (Å²) in [6.45, 7) is 2.89. The second-order valence-corrected chi connectivity index (χ2v) is 4.41. The van der Waals surface area contributed by atoms with E-state index < -0.39 is 0 Å². The zero-order valence-corrected chi connectivity index (χ0v) is 11.0. The molecule has 0 heterocycles. The van der Waals surface area contributed by atoms with Crippen LogP contribution in [0.25, 0.3) is 0 Å². The molecule has 1 aromatic carbocycles. The normalized spacial score (nSPS) is 9.94. The van der Waals surface area contributed by atoms with Gasteiger partial charge in [0.25, 0.3) is 0 Å². The van der Waals surface area contributed by atoms with E-state index in [1.54, 1.807) is 18.0 Å². The smallest absolute Gasteiger partial charge is 0.241 e. The minimum absolute atomic E-state index is 0.0434. The van der Waals surface area contributed by atoms with Gasteiger partial charge in [-0.3, -0.25) is 4.79 Å². The van der Waals surface area contributed by atoms with Crippen LogP contribution in [-0.4, -0.2) is 30.9 Å². The number of nitrogens with two attached hydrogens (primary N) is 1. The monoisotopic (exact) mass is 285 g/mol. The Morgan fingerprint density at radius 2 is 2.25 bits per heavy atom. The van der Waals surface area contributed by atoms with Gasteiger partial charge in [0, 0.05) is 18.1 Å². The predicted octanol–water partition coefficient (Wildman–Crippen LogP) is 1.92. The number of carbonyl (C=O) groups is 1. The lowest BCUT2D eigenvalue weighted by atomic mass is 10.2. The highest BCUT2D eigenvalue weighted by atomic mass is 79.9. The maximum absolute atomic E-state index is 11.6. The molecule has 0 atom stereocenters. The molecule has 1 aromatic rings. The van der Waals surface area contributed by atoms with E-state index in [2.05, 4.69) is 21.2 Å². The molecule has 0 spiro atoms. The Hall–Kier alpha value is -1.23. The average Bonchev–Trinajstić information content (AvgIpc) is 2.28. The number of anilines is 2. The first-order valence-electron chi connectivity index (χ1n) is 5.07. The van der Waals surface area contributed by atoms with Gasteiger partial charge in [-0.05, 0) is 25.1 Å². The quantitative estimate of drug-likeness (QED) is 0.831. The Kier molecular flexibility index (Phi) is 4.61. The summed E-state index contributed by atoms with van der Waals surface area (Å²) in [6, 6.07) is 5.51. The summed E-state index contributed by atoms with van der Waals surface area (Å²) in [5, 5.41) is 3.02. The maximum Gasteiger partial charge on any atom is 0.241 e. The number of nitrogens with one attached hydrogen (secondary N) is 1. The van der Waals surface area contributed by atoms with Crippen LogP contribution in [0.4, 0.5) is 11.4 Å². The fourth-order valence-corrected chi connectivity index (χ4v) is 1.52. The van der Waals surface area contributed by atoms with Gasteiger partial charge < -0.3 is 16.0 Å². The van der Waals surface area contributed by atoms with Crippen molar-refractivity contribution in [1.82, 2.24) is 4.90 Å². The van der Waals surface area contributed by atoms with E-state index in [9.17, 15) is 4.79 Å². The Morgan fingerprint density at radius 3 is 2.88 bits per heavy atom. The van der Waals surface area contributed by atoms with Crippen molar-refractivity contribution in [2.45, 2.75) is 6.92 Å². The van der Waals surface area contributed by atoms with Gasteiger partial charge in [0.1, 0.15) is 0 Å². The van der Waals surface area contributed by atoms with Crippen LogP contribution in [0.2, 0.25) is 0 Å². The lowest BCUT2D eigenvalue weighted by molar-refractivity contribution is -0.127. The van der Waals surface area contributed by atoms with Crippen molar-refractivity contribution < 1.29 is 4.79 Å². The predicted molar refractivity (Wildman–Crippen MR) is 70.4 cm³/mol. The standard InChI is InChI=1S/C11H16BrN3O/c1-3-15(2)11(16)7-14-10-6-8(12)4-5-9(10)13/h4-6,14H,3,7,13H2,1-2H3. The molecular formula is C11H16BrN3O. The number of nitrogen functional groups attached to an aromatic ring is 1. The van der Waals surface area contributed by atoms with Crippen LogP contribution in [-0.2, 0) is 4.79 Å². The topological polar surface area (TPSA) is 58.4 Å². The van der Waals surface area contributed by atoms with Crippen molar-refractivity contribution in [2.75, 3.05) is 31.2 Å². The van der Waals surface area contributed by atoms with Gasteiger partial charge in [-0.15, -0.1) is 0 Å². The Morgan fingerprint density at radius 1 is 1.56 bits per heavy atom. The van der Waals surface area contributed by atoms with Crippen molar-refractivity contribution in [3.63, 3.8) is 0 Å². The molecule has 16 heavy (non-hydrogen) atoms. The summed E-state index contributed by atoms with van der Waals surface area (Å²) in [4.78, 5) is 13.2. The van der Waals surface area contributed by atoms with E-state index in [-0.39, 0.29) is 12.5 Å². The minimum Gasteiger partial charge on any atom is -0.397 e. The molecule has 0 aliphatic carbocycles. The number of hydrogen-bond donors (Lipinski definition) is 2. The number of benzene rings is 1. The van der Waals surface area contributed by atoms with Gasteiger partial charge in [-0.2, -0.15) is 0 Å². The largest absolute Gasteiger partial charge is 0.397 e. The van der Waals surface area contributed by atoms with Crippen LogP contribution >= 0.6 is 15.9 Å². The molecule has 0 saturated heterocycles. The SMILES string of the molecule is CCN(C)C(=O)CNc1cc(Br)ccc1N. The lowest BCUT2D eigenvalue weighted by Gasteiger charge is -2.16. The molecule has 0 radical (unpaired) electrons. The fourth-order valence-electron chi connectivity index (χ4n) is 1.16. The highest BCUT2D eigenvalue weighted by Crippen LogP contribution is 2.22. The number of likely N-dealkylation sites (N-methyl/N-ethyl adjacent to an activating group) is 1. The minimum atomic E-state index is 0.0434. The number of halogens is 1. The fraction of sp³-hybridized carbons (Fsp3) is 0.364. The highest BCUT2D eigenvalue weighted by molar-refractivity contribution is 9.10. The molecule has 88 valence electrons. The third kappa shape index (κ3) is 3.41. The second-order valence-electron chi connectivity index (χ2n) is 3.49. The molecule has 1 rings (SSSR count). The molecule has 0 fully saturated rings. The van der Waals surface area contributed by atoms with Gasteiger partial charge in [0.2, 0.25) is 5.91 Å². The van der Waals surface area contributed by atoms with Crippen LogP contribution < -0.4 is 11.1 Å². The zero-order valence-electron chi connectivity index (χ0n) is 9.46. The molecule has 0 aromatic heterocycles. The third-order valence-corrected chi connectivity index (χ3v) is 2.84. The second kappa shape index (κ2) is 5.75. The summed E-state index contributed by atoms with van der Waals surface area (Å²) in [5.74, 6) is 0.0434. The molecule has 4 nitrogen and oxygen atoms in total. The van der Waals surface area contributed by atoms with Crippen LogP contribution in [0.1, 0.15) is 6.92 Å². The molecule has 0 bridgehead atoms. The van der Waals surface area contributed by atoms with Crippen LogP contribution in [0.5, 0.6) is 0 Å². The van der Waals surface area contributed by atoms with E-state index >= 15 is 0 Å². The summed E-state index contributed by atoms with van der Waals surface area (Å²) in [5.41, 5.74) is 7.18. The molecule has 1 amide bonds. The van der Waals surface area contributed by atoms with Gasteiger partial charge in [-0.1, -0.05) is 15.9 Å². The van der Waals surface area contributed by atoms with Crippen LogP contribution in [0.15, 0.2) is 22.7 Å². The third-order valence-electron chi connectivity index (χ3n) is 2.35. The summed E-state index contributed by atoms with van der Waals surface area (Å²) < 4.78 is 0.931. The number of nitrogens with zero attached hydrogens (tertiary/aromatic N) is 1. The number of carbonyl (C=O) groups excluding carboxylic acids is 1. The molecule has 0 unspecified atom stereocenters. The van der Waals surface area contributed by atoms with Gasteiger partial charge in [0.05, 0.1) is 17.9 Å². The Balaban J connectivity index is 2.61. The maximum atomic E-state index is 11.6. The molecule has 0 aliphatic heterocycles. The van der Waals surface area contributed by atoms with Crippen molar-refractivity contribution in [3.05, 3.63) is 22.7 Å².